The molecular weight excluding hydrogens is 415 g/mol. The lowest BCUT2D eigenvalue weighted by molar-refractivity contribution is 0.576. The summed E-state index contributed by atoms with van der Waals surface area (Å²) in [6.07, 6.45) is 1.02. The van der Waals surface area contributed by atoms with E-state index in [9.17, 15) is 8.42 Å². The Hall–Kier alpha value is -0.870. The van der Waals surface area contributed by atoms with Crippen LogP contribution < -0.4 is 15.8 Å². The molecule has 126 valence electrons. The molecule has 0 fully saturated rings. The van der Waals surface area contributed by atoms with Gasteiger partial charge in [-0.1, -0.05) is 26.0 Å². The van der Waals surface area contributed by atoms with Gasteiger partial charge >= 0.3 is 0 Å². The maximum Gasteiger partial charge on any atom is 0.240 e. The molecule has 0 radical (unpaired) electrons. The molecule has 0 aliphatic carbocycles. The fraction of sp³-hybridized carbons (Fsp3) is 0.500. The molecule has 8 heteroatoms. The summed E-state index contributed by atoms with van der Waals surface area (Å²) >= 11 is 0. The largest absolute Gasteiger partial charge is 0.370 e. The van der Waals surface area contributed by atoms with Crippen molar-refractivity contribution in [3.8, 4) is 0 Å². The number of aliphatic imine (C=N–C) groups is 1. The number of halogens is 1. The van der Waals surface area contributed by atoms with Crippen molar-refractivity contribution in [3.63, 3.8) is 0 Å². The zero-order chi connectivity index (χ0) is 15.9. The third-order valence-corrected chi connectivity index (χ3v) is 4.35. The summed E-state index contributed by atoms with van der Waals surface area (Å²) < 4.78 is 25.7. The normalized spacial score (nSPS) is 12.1. The molecule has 22 heavy (non-hydrogen) atoms. The molecular formula is C14H25IN4O2S. The Morgan fingerprint density at radius 1 is 1.36 bits per heavy atom. The van der Waals surface area contributed by atoms with Crippen molar-refractivity contribution in [2.24, 2.45) is 16.6 Å². The number of nitrogens with zero attached hydrogens (tertiary/aromatic N) is 1. The fourth-order valence-corrected chi connectivity index (χ4v) is 2.45. The molecule has 0 saturated carbocycles. The first kappa shape index (κ1) is 21.1. The van der Waals surface area contributed by atoms with Gasteiger partial charge in [-0.3, -0.25) is 0 Å². The zero-order valence-electron chi connectivity index (χ0n) is 13.2. The predicted molar refractivity (Wildman–Crippen MR) is 101 cm³/mol. The number of nitrogens with one attached hydrogen (secondary N) is 2. The zero-order valence-corrected chi connectivity index (χ0v) is 16.3. The van der Waals surface area contributed by atoms with Gasteiger partial charge in [0.05, 0.1) is 11.4 Å². The van der Waals surface area contributed by atoms with Crippen molar-refractivity contribution in [2.75, 3.05) is 13.6 Å². The minimum atomic E-state index is -3.43. The summed E-state index contributed by atoms with van der Waals surface area (Å²) in [4.78, 5) is 4.43. The first-order valence-corrected chi connectivity index (χ1v) is 8.39. The Bertz CT molecular complexity index is 588. The molecule has 0 amide bonds. The standard InChI is InChI=1S/C14H24N4O2S.HI/c1-11(2)7-8-17-14(15)18-10-12-5-4-6-13(9-12)21(19,20)16-3;/h4-6,9,11,16H,7-8,10H2,1-3H3,(H3,15,17,18);1H. The summed E-state index contributed by atoms with van der Waals surface area (Å²) in [5.41, 5.74) is 6.56. The summed E-state index contributed by atoms with van der Waals surface area (Å²) in [5, 5.41) is 3.04. The second-order valence-electron chi connectivity index (χ2n) is 5.17. The highest BCUT2D eigenvalue weighted by atomic mass is 127. The van der Waals surface area contributed by atoms with E-state index in [2.05, 4.69) is 28.9 Å². The highest BCUT2D eigenvalue weighted by molar-refractivity contribution is 14.0. The molecule has 0 aliphatic rings. The highest BCUT2D eigenvalue weighted by Crippen LogP contribution is 2.11. The van der Waals surface area contributed by atoms with Crippen LogP contribution in [0.25, 0.3) is 0 Å². The van der Waals surface area contributed by atoms with E-state index in [1.807, 2.05) is 6.07 Å². The first-order chi connectivity index (χ1) is 9.85. The van der Waals surface area contributed by atoms with E-state index in [1.54, 1.807) is 18.2 Å². The number of guanidine groups is 1. The number of nitrogens with two attached hydrogens (primary N) is 1. The SMILES string of the molecule is CNS(=O)(=O)c1cccc(CN=C(N)NCCC(C)C)c1.I. The van der Waals surface area contributed by atoms with Crippen LogP contribution in [0.15, 0.2) is 34.2 Å². The van der Waals surface area contributed by atoms with Crippen molar-refractivity contribution in [1.82, 2.24) is 10.0 Å². The number of hydrogen-bond donors (Lipinski definition) is 3. The second-order valence-corrected chi connectivity index (χ2v) is 7.05. The van der Waals surface area contributed by atoms with Gasteiger partial charge in [0, 0.05) is 6.54 Å². The molecule has 1 aromatic rings. The predicted octanol–water partition coefficient (Wildman–Crippen LogP) is 1.66. The number of hydrogen-bond acceptors (Lipinski definition) is 3. The van der Waals surface area contributed by atoms with Gasteiger partial charge in [-0.25, -0.2) is 18.1 Å². The van der Waals surface area contributed by atoms with Gasteiger partial charge in [-0.15, -0.1) is 24.0 Å². The van der Waals surface area contributed by atoms with Crippen molar-refractivity contribution >= 4 is 40.0 Å². The molecule has 0 aliphatic heterocycles. The number of sulfonamides is 1. The molecule has 0 saturated heterocycles. The Kier molecular flexibility index (Phi) is 9.61. The lowest BCUT2D eigenvalue weighted by atomic mass is 10.1. The van der Waals surface area contributed by atoms with E-state index < -0.39 is 10.0 Å². The van der Waals surface area contributed by atoms with Gasteiger partial charge in [0.2, 0.25) is 10.0 Å². The third kappa shape index (κ3) is 7.41. The molecule has 0 atom stereocenters. The van der Waals surface area contributed by atoms with E-state index in [1.165, 1.54) is 7.05 Å². The van der Waals surface area contributed by atoms with Crippen LogP contribution >= 0.6 is 24.0 Å². The van der Waals surface area contributed by atoms with Crippen molar-refractivity contribution in [3.05, 3.63) is 29.8 Å². The first-order valence-electron chi connectivity index (χ1n) is 6.91. The average Bonchev–Trinajstić information content (AvgIpc) is 2.45. The van der Waals surface area contributed by atoms with Crippen molar-refractivity contribution in [2.45, 2.75) is 31.7 Å². The minimum absolute atomic E-state index is 0. The monoisotopic (exact) mass is 440 g/mol. The lowest BCUT2D eigenvalue weighted by Crippen LogP contribution is -2.32. The number of rotatable bonds is 7. The van der Waals surface area contributed by atoms with Crippen molar-refractivity contribution < 1.29 is 8.42 Å². The Labute approximate surface area is 150 Å². The molecule has 1 aromatic carbocycles. The minimum Gasteiger partial charge on any atom is -0.370 e. The average molecular weight is 440 g/mol. The molecule has 0 bridgehead atoms. The maximum atomic E-state index is 11.7. The van der Waals surface area contributed by atoms with Crippen LogP contribution in [0.4, 0.5) is 0 Å². The smallest absolute Gasteiger partial charge is 0.240 e. The van der Waals surface area contributed by atoms with Gasteiger partial charge in [0.1, 0.15) is 0 Å². The van der Waals surface area contributed by atoms with Gasteiger partial charge in [0.15, 0.2) is 5.96 Å². The highest BCUT2D eigenvalue weighted by Gasteiger charge is 2.10. The summed E-state index contributed by atoms with van der Waals surface area (Å²) in [6, 6.07) is 6.65. The second kappa shape index (κ2) is 10.0. The number of benzene rings is 1. The third-order valence-electron chi connectivity index (χ3n) is 2.94. The molecule has 0 spiro atoms. The van der Waals surface area contributed by atoms with E-state index in [-0.39, 0.29) is 28.9 Å². The van der Waals surface area contributed by atoms with Crippen LogP contribution in [0.2, 0.25) is 0 Å². The van der Waals surface area contributed by atoms with E-state index in [0.29, 0.717) is 18.4 Å². The summed E-state index contributed by atoms with van der Waals surface area (Å²) in [7, 11) is -2.04. The Morgan fingerprint density at radius 3 is 2.64 bits per heavy atom. The molecule has 0 unspecified atom stereocenters. The molecule has 4 N–H and O–H groups in total. The van der Waals surface area contributed by atoms with Gasteiger partial charge < -0.3 is 11.1 Å². The Balaban J connectivity index is 0.00000441. The molecule has 0 heterocycles. The quantitative estimate of drug-likeness (QED) is 0.342. The van der Waals surface area contributed by atoms with Crippen LogP contribution in [0.1, 0.15) is 25.8 Å². The molecule has 6 nitrogen and oxygen atoms in total. The molecule has 0 aromatic heterocycles. The summed E-state index contributed by atoms with van der Waals surface area (Å²) in [6.45, 7) is 5.40. The van der Waals surface area contributed by atoms with Crippen LogP contribution in [0.5, 0.6) is 0 Å². The van der Waals surface area contributed by atoms with Crippen LogP contribution in [0.3, 0.4) is 0 Å². The maximum absolute atomic E-state index is 11.7. The van der Waals surface area contributed by atoms with Crippen LogP contribution in [-0.4, -0.2) is 28.0 Å². The summed E-state index contributed by atoms with van der Waals surface area (Å²) in [5.74, 6) is 0.978. The Morgan fingerprint density at radius 2 is 2.05 bits per heavy atom. The van der Waals surface area contributed by atoms with Crippen LogP contribution in [0, 0.1) is 5.92 Å². The van der Waals surface area contributed by atoms with E-state index >= 15 is 0 Å². The van der Waals surface area contributed by atoms with Gasteiger partial charge in [-0.05, 0) is 37.1 Å². The molecule has 1 rings (SSSR count). The van der Waals surface area contributed by atoms with Crippen molar-refractivity contribution in [1.29, 1.82) is 0 Å². The topological polar surface area (TPSA) is 96.6 Å². The van der Waals surface area contributed by atoms with E-state index in [4.69, 9.17) is 5.73 Å². The fourth-order valence-electron chi connectivity index (χ4n) is 1.65. The van der Waals surface area contributed by atoms with Crippen LogP contribution in [-0.2, 0) is 16.6 Å². The van der Waals surface area contributed by atoms with Gasteiger partial charge in [-0.2, -0.15) is 0 Å². The van der Waals surface area contributed by atoms with Gasteiger partial charge in [0.25, 0.3) is 0 Å². The van der Waals surface area contributed by atoms with E-state index in [0.717, 1.165) is 18.5 Å². The lowest BCUT2D eigenvalue weighted by Gasteiger charge is -2.08.